The number of benzene rings is 1. The highest BCUT2D eigenvalue weighted by atomic mass is 16.5. The average molecular weight is 279 g/mol. The number of amides is 1. The highest BCUT2D eigenvalue weighted by Crippen LogP contribution is 2.11. The van der Waals surface area contributed by atoms with Gasteiger partial charge in [-0.1, -0.05) is 0 Å². The van der Waals surface area contributed by atoms with Gasteiger partial charge in [-0.25, -0.2) is 4.79 Å². The van der Waals surface area contributed by atoms with Crippen LogP contribution >= 0.6 is 0 Å². The van der Waals surface area contributed by atoms with E-state index < -0.39 is 11.9 Å². The van der Waals surface area contributed by atoms with Gasteiger partial charge in [0.1, 0.15) is 0 Å². The van der Waals surface area contributed by atoms with E-state index in [4.69, 9.17) is 4.74 Å². The zero-order valence-electron chi connectivity index (χ0n) is 11.5. The van der Waals surface area contributed by atoms with Crippen LogP contribution in [-0.4, -0.2) is 31.6 Å². The van der Waals surface area contributed by atoms with Crippen LogP contribution in [0.15, 0.2) is 24.3 Å². The lowest BCUT2D eigenvalue weighted by atomic mass is 10.2. The maximum atomic E-state index is 11.6. The first-order valence-electron chi connectivity index (χ1n) is 6.20. The number of hydrogen-bond acceptors (Lipinski definition) is 5. The van der Waals surface area contributed by atoms with Gasteiger partial charge in [-0.15, -0.1) is 0 Å². The summed E-state index contributed by atoms with van der Waals surface area (Å²) in [5.41, 5.74) is 0.948. The normalized spacial score (nSPS) is 9.70. The van der Waals surface area contributed by atoms with Crippen LogP contribution in [0, 0.1) is 0 Å². The Morgan fingerprint density at radius 3 is 2.30 bits per heavy atom. The smallest absolute Gasteiger partial charge is 0.337 e. The van der Waals surface area contributed by atoms with Crippen molar-refractivity contribution < 1.29 is 23.9 Å². The molecule has 1 N–H and O–H groups in total. The molecule has 1 aromatic rings. The number of esters is 2. The van der Waals surface area contributed by atoms with Crippen LogP contribution in [-0.2, 0) is 19.1 Å². The zero-order chi connectivity index (χ0) is 15.0. The Morgan fingerprint density at radius 2 is 1.75 bits per heavy atom. The highest BCUT2D eigenvalue weighted by Gasteiger charge is 2.09. The second kappa shape index (κ2) is 7.93. The SMILES string of the molecule is CCOC(=O)CCC(=O)Nc1ccc(C(=O)OC)cc1. The van der Waals surface area contributed by atoms with Gasteiger partial charge >= 0.3 is 11.9 Å². The third-order valence-corrected chi connectivity index (χ3v) is 2.45. The van der Waals surface area contributed by atoms with Crippen molar-refractivity contribution in [2.75, 3.05) is 19.0 Å². The highest BCUT2D eigenvalue weighted by molar-refractivity contribution is 5.94. The Hall–Kier alpha value is -2.37. The summed E-state index contributed by atoms with van der Waals surface area (Å²) in [5.74, 6) is -1.13. The topological polar surface area (TPSA) is 81.7 Å². The first-order valence-corrected chi connectivity index (χ1v) is 6.20. The number of ether oxygens (including phenoxy) is 2. The lowest BCUT2D eigenvalue weighted by Gasteiger charge is -2.06. The lowest BCUT2D eigenvalue weighted by Crippen LogP contribution is -2.14. The van der Waals surface area contributed by atoms with Crippen molar-refractivity contribution in [2.45, 2.75) is 19.8 Å². The minimum atomic E-state index is -0.440. The Kier molecular flexibility index (Phi) is 6.22. The molecular weight excluding hydrogens is 262 g/mol. The van der Waals surface area contributed by atoms with Gasteiger partial charge in [-0.2, -0.15) is 0 Å². The molecule has 108 valence electrons. The molecule has 0 heterocycles. The van der Waals surface area contributed by atoms with E-state index in [1.807, 2.05) is 0 Å². The molecule has 6 nitrogen and oxygen atoms in total. The molecule has 1 amide bonds. The minimum Gasteiger partial charge on any atom is -0.466 e. The van der Waals surface area contributed by atoms with Crippen molar-refractivity contribution >= 4 is 23.5 Å². The van der Waals surface area contributed by atoms with Crippen LogP contribution in [0.4, 0.5) is 5.69 Å². The van der Waals surface area contributed by atoms with Crippen LogP contribution in [0.25, 0.3) is 0 Å². The van der Waals surface area contributed by atoms with Crippen molar-refractivity contribution in [1.82, 2.24) is 0 Å². The molecule has 0 fully saturated rings. The van der Waals surface area contributed by atoms with Gasteiger partial charge in [0.2, 0.25) is 5.91 Å². The molecule has 0 atom stereocenters. The molecule has 6 heteroatoms. The van der Waals surface area contributed by atoms with Gasteiger partial charge in [0.05, 0.1) is 25.7 Å². The van der Waals surface area contributed by atoms with E-state index >= 15 is 0 Å². The van der Waals surface area contributed by atoms with Crippen LogP contribution in [0.2, 0.25) is 0 Å². The molecule has 1 aromatic carbocycles. The molecule has 0 radical (unpaired) electrons. The third-order valence-electron chi connectivity index (χ3n) is 2.45. The van der Waals surface area contributed by atoms with Crippen molar-refractivity contribution in [1.29, 1.82) is 0 Å². The minimum absolute atomic E-state index is 0.0416. The summed E-state index contributed by atoms with van der Waals surface area (Å²) in [5, 5.41) is 2.62. The standard InChI is InChI=1S/C14H17NO5/c1-3-20-13(17)9-8-12(16)15-11-6-4-10(5-7-11)14(18)19-2/h4-7H,3,8-9H2,1-2H3,(H,15,16). The van der Waals surface area contributed by atoms with E-state index in [0.29, 0.717) is 17.9 Å². The molecule has 0 aliphatic heterocycles. The average Bonchev–Trinajstić information content (AvgIpc) is 2.45. The fraction of sp³-hybridized carbons (Fsp3) is 0.357. The monoisotopic (exact) mass is 279 g/mol. The van der Waals surface area contributed by atoms with E-state index in [2.05, 4.69) is 10.1 Å². The van der Waals surface area contributed by atoms with Gasteiger partial charge in [0.25, 0.3) is 0 Å². The number of carbonyl (C=O) groups is 3. The predicted octanol–water partition coefficient (Wildman–Crippen LogP) is 1.75. The number of rotatable bonds is 6. The predicted molar refractivity (Wildman–Crippen MR) is 72.3 cm³/mol. The number of methoxy groups -OCH3 is 1. The summed E-state index contributed by atoms with van der Waals surface area (Å²) in [4.78, 5) is 33.9. The summed E-state index contributed by atoms with van der Waals surface area (Å²) < 4.78 is 9.29. The fourth-order valence-corrected chi connectivity index (χ4v) is 1.48. The molecule has 0 bridgehead atoms. The van der Waals surface area contributed by atoms with Gasteiger partial charge in [0, 0.05) is 12.1 Å². The molecule has 0 aliphatic rings. The van der Waals surface area contributed by atoms with Crippen molar-refractivity contribution in [3.63, 3.8) is 0 Å². The summed E-state index contributed by atoms with van der Waals surface area (Å²) in [7, 11) is 1.30. The van der Waals surface area contributed by atoms with Crippen LogP contribution in [0.3, 0.4) is 0 Å². The largest absolute Gasteiger partial charge is 0.466 e. The first-order chi connectivity index (χ1) is 9.56. The van der Waals surface area contributed by atoms with E-state index in [1.165, 1.54) is 7.11 Å². The molecule has 20 heavy (non-hydrogen) atoms. The fourth-order valence-electron chi connectivity index (χ4n) is 1.48. The summed E-state index contributed by atoms with van der Waals surface area (Å²) >= 11 is 0. The zero-order valence-corrected chi connectivity index (χ0v) is 11.5. The lowest BCUT2D eigenvalue weighted by molar-refractivity contribution is -0.144. The maximum Gasteiger partial charge on any atom is 0.337 e. The van der Waals surface area contributed by atoms with Crippen molar-refractivity contribution in [2.24, 2.45) is 0 Å². The van der Waals surface area contributed by atoms with Gasteiger partial charge in [-0.05, 0) is 31.2 Å². The van der Waals surface area contributed by atoms with Crippen LogP contribution in [0.5, 0.6) is 0 Å². The molecule has 0 saturated carbocycles. The van der Waals surface area contributed by atoms with Gasteiger partial charge in [-0.3, -0.25) is 9.59 Å². The Balaban J connectivity index is 2.46. The van der Waals surface area contributed by atoms with Gasteiger partial charge in [0.15, 0.2) is 0 Å². The van der Waals surface area contributed by atoms with Crippen molar-refractivity contribution in [3.05, 3.63) is 29.8 Å². The summed E-state index contributed by atoms with van der Waals surface area (Å²) in [6.45, 7) is 2.01. The van der Waals surface area contributed by atoms with Crippen LogP contribution < -0.4 is 5.32 Å². The van der Waals surface area contributed by atoms with E-state index in [1.54, 1.807) is 31.2 Å². The number of carbonyl (C=O) groups excluding carboxylic acids is 3. The second-order valence-corrected chi connectivity index (χ2v) is 3.92. The molecule has 0 spiro atoms. The van der Waals surface area contributed by atoms with E-state index in [0.717, 1.165) is 0 Å². The Bertz CT molecular complexity index is 481. The molecule has 0 aliphatic carbocycles. The maximum absolute atomic E-state index is 11.6. The molecule has 1 rings (SSSR count). The number of anilines is 1. The Labute approximate surface area is 117 Å². The molecule has 0 saturated heterocycles. The molecule has 0 aromatic heterocycles. The number of nitrogens with one attached hydrogen (secondary N) is 1. The summed E-state index contributed by atoms with van der Waals surface area (Å²) in [6, 6.07) is 6.28. The Morgan fingerprint density at radius 1 is 1.10 bits per heavy atom. The molecule has 0 unspecified atom stereocenters. The van der Waals surface area contributed by atoms with Crippen LogP contribution in [0.1, 0.15) is 30.1 Å². The molecular formula is C14H17NO5. The quantitative estimate of drug-likeness (QED) is 0.802. The van der Waals surface area contributed by atoms with Crippen molar-refractivity contribution in [3.8, 4) is 0 Å². The summed E-state index contributed by atoms with van der Waals surface area (Å²) in [6.07, 6.45) is 0.0947. The second-order valence-electron chi connectivity index (χ2n) is 3.92. The third kappa shape index (κ3) is 5.09. The van der Waals surface area contributed by atoms with E-state index in [-0.39, 0.29) is 18.7 Å². The first kappa shape index (κ1) is 15.7. The number of hydrogen-bond donors (Lipinski definition) is 1. The van der Waals surface area contributed by atoms with E-state index in [9.17, 15) is 14.4 Å². The van der Waals surface area contributed by atoms with Gasteiger partial charge < -0.3 is 14.8 Å².